The second-order valence-corrected chi connectivity index (χ2v) is 8.32. The molecule has 9 atom stereocenters. The van der Waals surface area contributed by atoms with Crippen LogP contribution in [0.4, 0.5) is 0 Å². The molecule has 0 spiro atoms. The van der Waals surface area contributed by atoms with Gasteiger partial charge in [0.1, 0.15) is 42.4 Å². The fourth-order valence-corrected chi connectivity index (χ4v) is 2.84. The van der Waals surface area contributed by atoms with E-state index >= 15 is 0 Å². The number of carbonyl (C=O) groups excluding carboxylic acids is 2. The molecular weight excluding hydrogens is 504 g/mol. The molecule has 0 aromatic heterocycles. The third kappa shape index (κ3) is 14.7. The highest BCUT2D eigenvalue weighted by molar-refractivity contribution is 5.76. The maximum Gasteiger partial charge on any atom is 0.337 e. The van der Waals surface area contributed by atoms with E-state index in [1.807, 2.05) is 0 Å². The highest BCUT2D eigenvalue weighted by atomic mass is 16.6. The summed E-state index contributed by atoms with van der Waals surface area (Å²) in [5.41, 5.74) is 0. The van der Waals surface area contributed by atoms with Gasteiger partial charge in [0.05, 0.1) is 13.7 Å². The number of hydrogen-bond acceptors (Lipinski definition) is 14. The Morgan fingerprint density at radius 1 is 0.838 bits per heavy atom. The average Bonchev–Trinajstić information content (AvgIpc) is 2.87. The van der Waals surface area contributed by atoms with Gasteiger partial charge in [0, 0.05) is 6.42 Å². The molecule has 15 nitrogen and oxygen atoms in total. The predicted octanol–water partition coefficient (Wildman–Crippen LogP) is -3.60. The second-order valence-electron chi connectivity index (χ2n) is 8.32. The average molecular weight is 547 g/mol. The van der Waals surface area contributed by atoms with Crippen molar-refractivity contribution < 1.29 is 74.9 Å². The van der Waals surface area contributed by atoms with Crippen molar-refractivity contribution in [3.05, 3.63) is 0 Å². The van der Waals surface area contributed by atoms with Crippen LogP contribution < -0.4 is 0 Å². The van der Waals surface area contributed by atoms with Gasteiger partial charge in [0.25, 0.3) is 0 Å². The van der Waals surface area contributed by atoms with Crippen molar-refractivity contribution in [1.29, 1.82) is 0 Å². The zero-order chi connectivity index (χ0) is 29.3. The van der Waals surface area contributed by atoms with E-state index in [1.165, 1.54) is 25.7 Å². The molecule has 10 N–H and O–H groups in total. The van der Waals surface area contributed by atoms with Crippen molar-refractivity contribution in [1.82, 2.24) is 0 Å². The van der Waals surface area contributed by atoms with Gasteiger partial charge in [-0.1, -0.05) is 32.6 Å². The van der Waals surface area contributed by atoms with Gasteiger partial charge in [0.2, 0.25) is 0 Å². The molecule has 1 rings (SSSR count). The standard InChI is InChI=1S/C9H18O.C7H12O8.C6H12O6/c1-3-4-5-6-7-8-9(2)10;1-15-7(14)5(11)3(9)2(8)4(10)6(12)13;7-1-2-3(8)4(9)5(10)6(11)12-2/h3-8H2,1-2H3;2-5,8-11H,1H3,(H,12,13);2-11H,1H2/t;;2-,3-,4+,5-,6-/m..0/s1. The summed E-state index contributed by atoms with van der Waals surface area (Å²) in [5.74, 6) is -2.71. The molecule has 4 unspecified atom stereocenters. The summed E-state index contributed by atoms with van der Waals surface area (Å²) in [6.45, 7) is 3.34. The highest BCUT2D eigenvalue weighted by Crippen LogP contribution is 2.19. The number of carboxylic acids is 1. The first-order chi connectivity index (χ1) is 17.2. The number of hydrogen-bond donors (Lipinski definition) is 10. The molecule has 0 radical (unpaired) electrons. The van der Waals surface area contributed by atoms with Gasteiger partial charge in [-0.15, -0.1) is 0 Å². The number of ether oxygens (including phenoxy) is 2. The van der Waals surface area contributed by atoms with Crippen molar-refractivity contribution in [2.75, 3.05) is 13.7 Å². The Morgan fingerprint density at radius 2 is 1.35 bits per heavy atom. The number of unbranched alkanes of at least 4 members (excludes halogenated alkanes) is 4. The van der Waals surface area contributed by atoms with Crippen LogP contribution in [0.25, 0.3) is 0 Å². The Hall–Kier alpha value is -1.79. The SMILES string of the molecule is CCCCCCCC(C)=O.COC(=O)C(O)C(O)C(O)C(O)C(=O)O.OC[C@@H]1O[C@H](O)[C@@H](O)[C@H](O)[C@H]1O. The van der Waals surface area contributed by atoms with E-state index in [9.17, 15) is 14.4 Å². The zero-order valence-corrected chi connectivity index (χ0v) is 21.2. The van der Waals surface area contributed by atoms with Crippen molar-refractivity contribution in [3.63, 3.8) is 0 Å². The lowest BCUT2D eigenvalue weighted by Crippen LogP contribution is -2.58. The molecule has 0 aromatic carbocycles. The van der Waals surface area contributed by atoms with E-state index in [2.05, 4.69) is 16.4 Å². The Morgan fingerprint density at radius 3 is 1.78 bits per heavy atom. The maximum absolute atomic E-state index is 10.7. The fourth-order valence-electron chi connectivity index (χ4n) is 2.84. The Balaban J connectivity index is 0. The Labute approximate surface area is 214 Å². The first-order valence-corrected chi connectivity index (χ1v) is 11.7. The smallest absolute Gasteiger partial charge is 0.337 e. The van der Waals surface area contributed by atoms with Crippen LogP contribution in [0, 0.1) is 0 Å². The number of ketones is 1. The van der Waals surface area contributed by atoms with Gasteiger partial charge in [-0.3, -0.25) is 0 Å². The topological polar surface area (TPSA) is 272 Å². The molecule has 37 heavy (non-hydrogen) atoms. The van der Waals surface area contributed by atoms with Crippen molar-refractivity contribution in [2.45, 2.75) is 107 Å². The summed E-state index contributed by atoms with van der Waals surface area (Å²) < 4.78 is 8.61. The number of Topliss-reactive ketones (excluding diaryl/α,β-unsaturated/α-hetero) is 1. The molecule has 0 bridgehead atoms. The summed E-state index contributed by atoms with van der Waals surface area (Å²) in [5, 5.41) is 88.8. The molecular formula is C22H42O15. The number of aliphatic carboxylic acids is 1. The van der Waals surface area contributed by atoms with Gasteiger partial charge in [0.15, 0.2) is 18.5 Å². The van der Waals surface area contributed by atoms with Crippen LogP contribution in [0.1, 0.15) is 52.4 Å². The molecule has 0 aliphatic carbocycles. The highest BCUT2D eigenvalue weighted by Gasteiger charge is 2.42. The molecule has 0 aromatic rings. The monoisotopic (exact) mass is 546 g/mol. The molecule has 1 saturated heterocycles. The molecule has 220 valence electrons. The second kappa shape index (κ2) is 20.2. The normalized spacial score (nSPS) is 26.2. The summed E-state index contributed by atoms with van der Waals surface area (Å²) in [6, 6.07) is 0. The van der Waals surface area contributed by atoms with E-state index in [1.54, 1.807) is 6.92 Å². The number of methoxy groups -OCH3 is 1. The molecule has 0 amide bonds. The van der Waals surface area contributed by atoms with Crippen molar-refractivity contribution >= 4 is 17.7 Å². The van der Waals surface area contributed by atoms with Gasteiger partial charge in [-0.2, -0.15) is 0 Å². The summed E-state index contributed by atoms with van der Waals surface area (Å²) in [4.78, 5) is 31.3. The maximum atomic E-state index is 10.7. The van der Waals surface area contributed by atoms with Crippen LogP contribution in [0.3, 0.4) is 0 Å². The minimum atomic E-state index is -2.31. The van der Waals surface area contributed by atoms with E-state index in [-0.39, 0.29) is 0 Å². The predicted molar refractivity (Wildman–Crippen MR) is 124 cm³/mol. The molecule has 1 heterocycles. The van der Waals surface area contributed by atoms with E-state index in [0.29, 0.717) is 5.78 Å². The number of aliphatic hydroxyl groups is 9. The molecule has 1 fully saturated rings. The van der Waals surface area contributed by atoms with Crippen LogP contribution in [0.15, 0.2) is 0 Å². The van der Waals surface area contributed by atoms with E-state index in [0.717, 1.165) is 20.0 Å². The quantitative estimate of drug-likeness (QED) is 0.0836. The Kier molecular flexibility index (Phi) is 20.4. The zero-order valence-electron chi connectivity index (χ0n) is 21.2. The molecule has 1 aliphatic rings. The van der Waals surface area contributed by atoms with Crippen LogP contribution in [0.5, 0.6) is 0 Å². The largest absolute Gasteiger partial charge is 0.479 e. The minimum absolute atomic E-state index is 0.330. The molecule has 1 aliphatic heterocycles. The minimum Gasteiger partial charge on any atom is -0.479 e. The third-order valence-electron chi connectivity index (χ3n) is 5.19. The van der Waals surface area contributed by atoms with Gasteiger partial charge in [-0.05, 0) is 13.3 Å². The number of aliphatic hydroxyl groups excluding tert-OH is 9. The van der Waals surface area contributed by atoms with Crippen molar-refractivity contribution in [3.8, 4) is 0 Å². The lowest BCUT2D eigenvalue weighted by molar-refractivity contribution is -0.286. The third-order valence-corrected chi connectivity index (χ3v) is 5.19. The van der Waals surface area contributed by atoms with Crippen LogP contribution >= 0.6 is 0 Å². The Bertz CT molecular complexity index is 641. The number of carboxylic acid groups (broad SMARTS) is 1. The lowest BCUT2D eigenvalue weighted by atomic mass is 10.00. The number of rotatable bonds is 12. The first-order valence-electron chi connectivity index (χ1n) is 11.7. The molecule has 15 heteroatoms. The number of esters is 1. The molecule has 0 saturated carbocycles. The van der Waals surface area contributed by atoms with Crippen LogP contribution in [-0.4, -0.2) is 138 Å². The summed E-state index contributed by atoms with van der Waals surface area (Å²) in [7, 11) is 0.929. The van der Waals surface area contributed by atoms with Gasteiger partial charge in [-0.25, -0.2) is 9.59 Å². The van der Waals surface area contributed by atoms with E-state index < -0.39 is 73.7 Å². The lowest BCUT2D eigenvalue weighted by Gasteiger charge is -2.37. The van der Waals surface area contributed by atoms with Crippen molar-refractivity contribution in [2.24, 2.45) is 0 Å². The first kappa shape index (κ1) is 37.4. The summed E-state index contributed by atoms with van der Waals surface area (Å²) in [6.07, 6.45) is -8.83. The van der Waals surface area contributed by atoms with Gasteiger partial charge >= 0.3 is 11.9 Å². The fraction of sp³-hybridized carbons (Fsp3) is 0.864. The summed E-state index contributed by atoms with van der Waals surface area (Å²) >= 11 is 0. The van der Waals surface area contributed by atoms with Crippen LogP contribution in [0.2, 0.25) is 0 Å². The van der Waals surface area contributed by atoms with Crippen LogP contribution in [-0.2, 0) is 23.9 Å². The van der Waals surface area contributed by atoms with Gasteiger partial charge < -0.3 is 65.3 Å². The van der Waals surface area contributed by atoms with E-state index in [4.69, 9.17) is 51.1 Å². The number of carbonyl (C=O) groups is 3.